The molecule has 0 radical (unpaired) electrons. The van der Waals surface area contributed by atoms with E-state index in [1.807, 2.05) is 48.3 Å². The van der Waals surface area contributed by atoms with E-state index >= 15 is 0 Å². The van der Waals surface area contributed by atoms with Gasteiger partial charge in [-0.25, -0.2) is 0 Å². The summed E-state index contributed by atoms with van der Waals surface area (Å²) in [7, 11) is 6.50. The molecule has 0 spiro atoms. The van der Waals surface area contributed by atoms with Gasteiger partial charge in [0.2, 0.25) is 5.75 Å². The van der Waals surface area contributed by atoms with E-state index in [9.17, 15) is 4.79 Å². The lowest BCUT2D eigenvalue weighted by Gasteiger charge is -2.19. The van der Waals surface area contributed by atoms with Gasteiger partial charge in [-0.15, -0.1) is 0 Å². The summed E-state index contributed by atoms with van der Waals surface area (Å²) in [4.78, 5) is 19.0. The number of nitrogens with one attached hydrogen (secondary N) is 1. The molecule has 0 unspecified atom stereocenters. The van der Waals surface area contributed by atoms with Crippen LogP contribution in [0.25, 0.3) is 0 Å². The highest BCUT2D eigenvalue weighted by atomic mass is 16.5. The van der Waals surface area contributed by atoms with Gasteiger partial charge in [0.05, 0.1) is 21.3 Å². The zero-order valence-electron chi connectivity index (χ0n) is 16.8. The second kappa shape index (κ2) is 8.97. The molecule has 1 aromatic heterocycles. The monoisotopic (exact) mass is 393 g/mol. The number of methoxy groups -OCH3 is 3. The first-order chi connectivity index (χ1) is 14.1. The lowest BCUT2D eigenvalue weighted by Crippen LogP contribution is -2.16. The molecule has 3 rings (SSSR count). The van der Waals surface area contributed by atoms with Crippen molar-refractivity contribution >= 4 is 23.0 Å². The molecule has 7 heteroatoms. The highest BCUT2D eigenvalue weighted by molar-refractivity contribution is 6.03. The molecule has 29 heavy (non-hydrogen) atoms. The Labute approximate surface area is 169 Å². The van der Waals surface area contributed by atoms with Gasteiger partial charge in [0.1, 0.15) is 5.69 Å². The zero-order chi connectivity index (χ0) is 20.8. The molecule has 7 nitrogen and oxygen atoms in total. The lowest BCUT2D eigenvalue weighted by atomic mass is 10.2. The molecule has 1 N–H and O–H groups in total. The van der Waals surface area contributed by atoms with E-state index in [0.29, 0.717) is 28.6 Å². The standard InChI is InChI=1S/C22H23N3O4/c1-25(16-8-6-5-7-9-16)17-10-11-23-18(14-17)22(26)24-15-12-19(27-2)21(29-4)20(13-15)28-3/h5-14H,1-4H3,(H,24,26). The van der Waals surface area contributed by atoms with Crippen molar-refractivity contribution in [2.24, 2.45) is 0 Å². The zero-order valence-corrected chi connectivity index (χ0v) is 16.8. The van der Waals surface area contributed by atoms with Crippen molar-refractivity contribution in [1.82, 2.24) is 4.98 Å². The summed E-state index contributed by atoms with van der Waals surface area (Å²) in [5.41, 5.74) is 2.66. The second-order valence-electron chi connectivity index (χ2n) is 6.16. The number of carbonyl (C=O) groups is 1. The number of anilines is 3. The van der Waals surface area contributed by atoms with Gasteiger partial charge in [-0.05, 0) is 24.3 Å². The van der Waals surface area contributed by atoms with Crippen LogP contribution in [-0.2, 0) is 0 Å². The van der Waals surface area contributed by atoms with Gasteiger partial charge in [-0.1, -0.05) is 18.2 Å². The van der Waals surface area contributed by atoms with E-state index in [2.05, 4.69) is 10.3 Å². The van der Waals surface area contributed by atoms with Crippen LogP contribution in [0.5, 0.6) is 17.2 Å². The number of hydrogen-bond acceptors (Lipinski definition) is 6. The fraction of sp³-hybridized carbons (Fsp3) is 0.182. The van der Waals surface area contributed by atoms with Crippen molar-refractivity contribution in [3.05, 3.63) is 66.5 Å². The van der Waals surface area contributed by atoms with Crippen LogP contribution in [-0.4, -0.2) is 39.3 Å². The largest absolute Gasteiger partial charge is 0.493 e. The van der Waals surface area contributed by atoms with Crippen LogP contribution in [0.15, 0.2) is 60.8 Å². The number of amides is 1. The molecule has 0 aliphatic heterocycles. The summed E-state index contributed by atoms with van der Waals surface area (Å²) < 4.78 is 16.0. The first kappa shape index (κ1) is 20.0. The summed E-state index contributed by atoms with van der Waals surface area (Å²) >= 11 is 0. The van der Waals surface area contributed by atoms with Gasteiger partial charge in [0.15, 0.2) is 11.5 Å². The predicted octanol–water partition coefficient (Wildman–Crippen LogP) is 4.13. The van der Waals surface area contributed by atoms with Crippen LogP contribution in [0.1, 0.15) is 10.5 Å². The highest BCUT2D eigenvalue weighted by Gasteiger charge is 2.16. The van der Waals surface area contributed by atoms with Crippen molar-refractivity contribution in [2.45, 2.75) is 0 Å². The Morgan fingerprint density at radius 2 is 1.55 bits per heavy atom. The number of benzene rings is 2. The summed E-state index contributed by atoms with van der Waals surface area (Å²) in [6.45, 7) is 0. The molecule has 0 saturated heterocycles. The molecule has 0 fully saturated rings. The van der Waals surface area contributed by atoms with Crippen LogP contribution < -0.4 is 24.4 Å². The smallest absolute Gasteiger partial charge is 0.274 e. The average Bonchev–Trinajstić information content (AvgIpc) is 2.78. The Balaban J connectivity index is 1.85. The molecule has 0 saturated carbocycles. The second-order valence-corrected chi connectivity index (χ2v) is 6.16. The predicted molar refractivity (Wildman–Crippen MR) is 113 cm³/mol. The third-order valence-electron chi connectivity index (χ3n) is 4.43. The number of hydrogen-bond donors (Lipinski definition) is 1. The molecule has 0 bridgehead atoms. The molecule has 0 aliphatic carbocycles. The first-order valence-corrected chi connectivity index (χ1v) is 8.93. The van der Waals surface area contributed by atoms with Gasteiger partial charge < -0.3 is 24.4 Å². The fourth-order valence-electron chi connectivity index (χ4n) is 2.90. The van der Waals surface area contributed by atoms with E-state index in [4.69, 9.17) is 14.2 Å². The maximum atomic E-state index is 12.8. The van der Waals surface area contributed by atoms with E-state index in [1.54, 1.807) is 24.4 Å². The number of carbonyl (C=O) groups excluding carboxylic acids is 1. The summed E-state index contributed by atoms with van der Waals surface area (Å²) in [6, 6.07) is 16.8. The third kappa shape index (κ3) is 4.40. The van der Waals surface area contributed by atoms with Crippen LogP contribution in [0.2, 0.25) is 0 Å². The van der Waals surface area contributed by atoms with Crippen LogP contribution >= 0.6 is 0 Å². The van der Waals surface area contributed by atoms with Gasteiger partial charge in [0, 0.05) is 42.4 Å². The van der Waals surface area contributed by atoms with Crippen molar-refractivity contribution in [1.29, 1.82) is 0 Å². The summed E-state index contributed by atoms with van der Waals surface area (Å²) in [5, 5.41) is 2.83. The minimum atomic E-state index is -0.345. The van der Waals surface area contributed by atoms with Crippen LogP contribution in [0.4, 0.5) is 17.1 Å². The number of aromatic nitrogens is 1. The highest BCUT2D eigenvalue weighted by Crippen LogP contribution is 2.40. The molecular weight excluding hydrogens is 370 g/mol. The number of pyridine rings is 1. The van der Waals surface area contributed by atoms with E-state index in [1.165, 1.54) is 21.3 Å². The molecule has 0 aliphatic rings. The molecule has 3 aromatic rings. The van der Waals surface area contributed by atoms with Gasteiger partial charge in [-0.3, -0.25) is 9.78 Å². The van der Waals surface area contributed by atoms with E-state index in [-0.39, 0.29) is 5.91 Å². The summed E-state index contributed by atoms with van der Waals surface area (Å²) in [5.74, 6) is 1.01. The number of nitrogens with zero attached hydrogens (tertiary/aromatic N) is 2. The van der Waals surface area contributed by atoms with Crippen molar-refractivity contribution in [2.75, 3.05) is 38.6 Å². The normalized spacial score (nSPS) is 10.2. The topological polar surface area (TPSA) is 72.9 Å². The Bertz CT molecular complexity index is 967. The summed E-state index contributed by atoms with van der Waals surface area (Å²) in [6.07, 6.45) is 1.61. The van der Waals surface area contributed by atoms with Crippen LogP contribution in [0, 0.1) is 0 Å². The van der Waals surface area contributed by atoms with Crippen LogP contribution in [0.3, 0.4) is 0 Å². The first-order valence-electron chi connectivity index (χ1n) is 8.93. The molecule has 1 amide bonds. The Morgan fingerprint density at radius 3 is 2.14 bits per heavy atom. The molecule has 150 valence electrons. The number of ether oxygens (including phenoxy) is 3. The van der Waals surface area contributed by atoms with Gasteiger partial charge >= 0.3 is 0 Å². The lowest BCUT2D eigenvalue weighted by molar-refractivity contribution is 0.102. The maximum absolute atomic E-state index is 12.8. The minimum absolute atomic E-state index is 0.291. The minimum Gasteiger partial charge on any atom is -0.493 e. The van der Waals surface area contributed by atoms with E-state index < -0.39 is 0 Å². The number of rotatable bonds is 7. The van der Waals surface area contributed by atoms with Crippen molar-refractivity contribution in [3.8, 4) is 17.2 Å². The maximum Gasteiger partial charge on any atom is 0.274 e. The van der Waals surface area contributed by atoms with E-state index in [0.717, 1.165) is 11.4 Å². The molecule has 0 atom stereocenters. The van der Waals surface area contributed by atoms with Crippen molar-refractivity contribution < 1.29 is 19.0 Å². The average molecular weight is 393 g/mol. The Morgan fingerprint density at radius 1 is 0.897 bits per heavy atom. The fourth-order valence-corrected chi connectivity index (χ4v) is 2.90. The third-order valence-corrected chi connectivity index (χ3v) is 4.43. The molecular formula is C22H23N3O4. The van der Waals surface area contributed by atoms with Crippen molar-refractivity contribution in [3.63, 3.8) is 0 Å². The Hall–Kier alpha value is -3.74. The number of para-hydroxylation sites is 1. The molecule has 2 aromatic carbocycles. The quantitative estimate of drug-likeness (QED) is 0.651. The van der Waals surface area contributed by atoms with Gasteiger partial charge in [-0.2, -0.15) is 0 Å². The Kier molecular flexibility index (Phi) is 6.19. The van der Waals surface area contributed by atoms with Gasteiger partial charge in [0.25, 0.3) is 5.91 Å². The molecule has 1 heterocycles. The SMILES string of the molecule is COc1cc(NC(=O)c2cc(N(C)c3ccccc3)ccn2)cc(OC)c1OC.